The Bertz CT molecular complexity index is 775. The zero-order valence-electron chi connectivity index (χ0n) is 12.4. The summed E-state index contributed by atoms with van der Waals surface area (Å²) in [5, 5.41) is 2.77. The number of halogens is 3. The lowest BCUT2D eigenvalue weighted by atomic mass is 10.1. The van der Waals surface area contributed by atoms with Crippen molar-refractivity contribution in [1.82, 2.24) is 0 Å². The fraction of sp³-hybridized carbons (Fsp3) is 0.176. The number of anilines is 2. The van der Waals surface area contributed by atoms with Crippen LogP contribution in [0.15, 0.2) is 42.5 Å². The van der Waals surface area contributed by atoms with Gasteiger partial charge in [-0.1, -0.05) is 17.7 Å². The Balaban J connectivity index is 1.73. The molecule has 1 aliphatic heterocycles. The van der Waals surface area contributed by atoms with Gasteiger partial charge in [-0.3, -0.25) is 9.59 Å². The summed E-state index contributed by atoms with van der Waals surface area (Å²) >= 11 is 5.82. The zero-order chi connectivity index (χ0) is 17.3. The molecular weight excluding hydrogens is 338 g/mol. The molecule has 2 amide bonds. The first-order valence-corrected chi connectivity index (χ1v) is 7.64. The minimum Gasteiger partial charge on any atom is -0.321 e. The van der Waals surface area contributed by atoms with Crippen molar-refractivity contribution in [3.05, 3.63) is 59.1 Å². The number of hydrogen-bond donors (Lipinski definition) is 1. The minimum absolute atomic E-state index is 0.0233. The zero-order valence-corrected chi connectivity index (χ0v) is 13.2. The molecule has 0 radical (unpaired) electrons. The molecular formula is C17H13ClF2N2O2. The highest BCUT2D eigenvalue weighted by Crippen LogP contribution is 2.28. The molecule has 7 heteroatoms. The second-order valence-corrected chi connectivity index (χ2v) is 5.90. The Labute approximate surface area is 142 Å². The normalized spacial score (nSPS) is 17.2. The number of para-hydroxylation sites is 1. The molecule has 1 heterocycles. The molecule has 124 valence electrons. The Kier molecular flexibility index (Phi) is 4.49. The number of hydrogen-bond acceptors (Lipinski definition) is 2. The van der Waals surface area contributed by atoms with Crippen molar-refractivity contribution in [3.63, 3.8) is 0 Å². The maximum atomic E-state index is 13.6. The third kappa shape index (κ3) is 3.23. The fourth-order valence-electron chi connectivity index (χ4n) is 2.60. The van der Waals surface area contributed by atoms with Gasteiger partial charge in [0, 0.05) is 23.7 Å². The van der Waals surface area contributed by atoms with Gasteiger partial charge in [-0.15, -0.1) is 0 Å². The van der Waals surface area contributed by atoms with Gasteiger partial charge < -0.3 is 10.2 Å². The number of rotatable bonds is 3. The van der Waals surface area contributed by atoms with E-state index in [1.54, 1.807) is 24.3 Å². The van der Waals surface area contributed by atoms with Crippen molar-refractivity contribution < 1.29 is 18.4 Å². The van der Waals surface area contributed by atoms with E-state index in [0.29, 0.717) is 10.7 Å². The van der Waals surface area contributed by atoms with E-state index >= 15 is 0 Å². The van der Waals surface area contributed by atoms with Crippen LogP contribution in [0.4, 0.5) is 20.2 Å². The summed E-state index contributed by atoms with van der Waals surface area (Å²) in [4.78, 5) is 25.8. The van der Waals surface area contributed by atoms with Crippen LogP contribution in [0.2, 0.25) is 5.02 Å². The summed E-state index contributed by atoms with van der Waals surface area (Å²) in [6.45, 7) is 0.141. The van der Waals surface area contributed by atoms with Gasteiger partial charge in [0.05, 0.1) is 5.92 Å². The van der Waals surface area contributed by atoms with E-state index in [0.717, 1.165) is 12.1 Å². The van der Waals surface area contributed by atoms with Crippen LogP contribution in [-0.2, 0) is 9.59 Å². The van der Waals surface area contributed by atoms with Crippen molar-refractivity contribution in [2.24, 2.45) is 5.92 Å². The van der Waals surface area contributed by atoms with Crippen LogP contribution >= 0.6 is 11.6 Å². The molecule has 1 aliphatic rings. The average molecular weight is 351 g/mol. The van der Waals surface area contributed by atoms with Crippen LogP contribution in [0, 0.1) is 17.6 Å². The summed E-state index contributed by atoms with van der Waals surface area (Å²) in [5.74, 6) is -3.23. The summed E-state index contributed by atoms with van der Waals surface area (Å²) in [5.41, 5.74) is 0.122. The van der Waals surface area contributed by atoms with E-state index in [9.17, 15) is 18.4 Å². The number of nitrogens with zero attached hydrogens (tertiary/aromatic N) is 1. The number of amides is 2. The molecule has 1 N–H and O–H groups in total. The molecule has 0 aromatic heterocycles. The maximum Gasteiger partial charge on any atom is 0.229 e. The Morgan fingerprint density at radius 3 is 2.38 bits per heavy atom. The molecule has 1 atom stereocenters. The quantitative estimate of drug-likeness (QED) is 0.919. The van der Waals surface area contributed by atoms with Crippen molar-refractivity contribution in [2.45, 2.75) is 6.42 Å². The second kappa shape index (κ2) is 6.57. The predicted molar refractivity (Wildman–Crippen MR) is 86.9 cm³/mol. The third-order valence-corrected chi connectivity index (χ3v) is 4.10. The number of carbonyl (C=O) groups is 2. The molecule has 0 saturated carbocycles. The van der Waals surface area contributed by atoms with Gasteiger partial charge in [0.25, 0.3) is 0 Å². The number of nitrogens with one attached hydrogen (secondary N) is 1. The molecule has 1 saturated heterocycles. The predicted octanol–water partition coefficient (Wildman–Crippen LogP) is 3.61. The minimum atomic E-state index is -0.859. The van der Waals surface area contributed by atoms with Gasteiger partial charge in [0.15, 0.2) is 0 Å². The second-order valence-electron chi connectivity index (χ2n) is 5.47. The molecule has 24 heavy (non-hydrogen) atoms. The smallest absolute Gasteiger partial charge is 0.229 e. The molecule has 1 fully saturated rings. The largest absolute Gasteiger partial charge is 0.321 e. The first kappa shape index (κ1) is 16.4. The Morgan fingerprint density at radius 2 is 1.75 bits per heavy atom. The van der Waals surface area contributed by atoms with Crippen LogP contribution in [0.5, 0.6) is 0 Å². The highest BCUT2D eigenvalue weighted by molar-refractivity contribution is 6.30. The van der Waals surface area contributed by atoms with Crippen molar-refractivity contribution in [2.75, 3.05) is 16.8 Å². The van der Waals surface area contributed by atoms with Gasteiger partial charge in [-0.05, 0) is 36.4 Å². The van der Waals surface area contributed by atoms with Gasteiger partial charge in [-0.25, -0.2) is 8.78 Å². The van der Waals surface area contributed by atoms with E-state index < -0.39 is 29.1 Å². The number of carbonyl (C=O) groups excluding carboxylic acids is 2. The monoisotopic (exact) mass is 350 g/mol. The SMILES string of the molecule is O=C(Nc1c(F)cccc1F)C1CC(=O)N(c2ccc(Cl)cc2)C1. The lowest BCUT2D eigenvalue weighted by Gasteiger charge is -2.17. The van der Waals surface area contributed by atoms with E-state index in [4.69, 9.17) is 11.6 Å². The van der Waals surface area contributed by atoms with E-state index in [1.165, 1.54) is 11.0 Å². The van der Waals surface area contributed by atoms with Gasteiger partial charge in [0.2, 0.25) is 11.8 Å². The van der Waals surface area contributed by atoms with Gasteiger partial charge >= 0.3 is 0 Å². The lowest BCUT2D eigenvalue weighted by molar-refractivity contribution is -0.122. The molecule has 2 aromatic rings. The maximum absolute atomic E-state index is 13.6. The van der Waals surface area contributed by atoms with Crippen LogP contribution in [0.3, 0.4) is 0 Å². The molecule has 0 bridgehead atoms. The molecule has 2 aromatic carbocycles. The van der Waals surface area contributed by atoms with Gasteiger partial charge in [-0.2, -0.15) is 0 Å². The summed E-state index contributed by atoms with van der Waals surface area (Å²) in [6.07, 6.45) is -0.0233. The average Bonchev–Trinajstić information content (AvgIpc) is 2.94. The molecule has 0 spiro atoms. The molecule has 4 nitrogen and oxygen atoms in total. The van der Waals surface area contributed by atoms with E-state index in [-0.39, 0.29) is 18.9 Å². The van der Waals surface area contributed by atoms with Gasteiger partial charge in [0.1, 0.15) is 17.3 Å². The van der Waals surface area contributed by atoms with E-state index in [1.807, 2.05) is 0 Å². The molecule has 3 rings (SSSR count). The van der Waals surface area contributed by atoms with E-state index in [2.05, 4.69) is 5.32 Å². The highest BCUT2D eigenvalue weighted by Gasteiger charge is 2.35. The molecule has 0 aliphatic carbocycles. The number of benzene rings is 2. The standard InChI is InChI=1S/C17H13ClF2N2O2/c18-11-4-6-12(7-5-11)22-9-10(8-15(22)23)17(24)21-16-13(19)2-1-3-14(16)20/h1-7,10H,8-9H2,(H,21,24). The van der Waals surface area contributed by atoms with Crippen LogP contribution in [0.25, 0.3) is 0 Å². The summed E-state index contributed by atoms with van der Waals surface area (Å²) in [7, 11) is 0. The fourth-order valence-corrected chi connectivity index (χ4v) is 2.72. The van der Waals surface area contributed by atoms with Crippen molar-refractivity contribution in [3.8, 4) is 0 Å². The molecule has 1 unspecified atom stereocenters. The first-order chi connectivity index (χ1) is 11.5. The summed E-state index contributed by atoms with van der Waals surface area (Å²) in [6, 6.07) is 9.96. The topological polar surface area (TPSA) is 49.4 Å². The van der Waals surface area contributed by atoms with Crippen LogP contribution < -0.4 is 10.2 Å². The van der Waals surface area contributed by atoms with Crippen molar-refractivity contribution >= 4 is 34.8 Å². The van der Waals surface area contributed by atoms with Crippen molar-refractivity contribution in [1.29, 1.82) is 0 Å². The Hall–Kier alpha value is -2.47. The summed E-state index contributed by atoms with van der Waals surface area (Å²) < 4.78 is 27.2. The third-order valence-electron chi connectivity index (χ3n) is 3.85. The van der Waals surface area contributed by atoms with Crippen LogP contribution in [-0.4, -0.2) is 18.4 Å². The Morgan fingerprint density at radius 1 is 1.12 bits per heavy atom. The lowest BCUT2D eigenvalue weighted by Crippen LogP contribution is -2.28. The first-order valence-electron chi connectivity index (χ1n) is 7.26. The van der Waals surface area contributed by atoms with Crippen LogP contribution in [0.1, 0.15) is 6.42 Å². The highest BCUT2D eigenvalue weighted by atomic mass is 35.5.